The van der Waals surface area contributed by atoms with Gasteiger partial charge in [-0.05, 0) is 53.5 Å². The number of esters is 2. The van der Waals surface area contributed by atoms with Gasteiger partial charge in [-0.15, -0.1) is 0 Å². The minimum absolute atomic E-state index is 0.133. The third-order valence-electron chi connectivity index (χ3n) is 7.42. The summed E-state index contributed by atoms with van der Waals surface area (Å²) in [4.78, 5) is 37.1. The third-order valence-corrected chi connectivity index (χ3v) is 7.42. The first kappa shape index (κ1) is 25.9. The first-order chi connectivity index (χ1) is 15.9. The molecule has 1 saturated heterocycles. The lowest BCUT2D eigenvalue weighted by molar-refractivity contribution is -0.253. The summed E-state index contributed by atoms with van der Waals surface area (Å²) < 4.78 is 23.4. The van der Waals surface area contributed by atoms with Gasteiger partial charge in [-0.1, -0.05) is 18.6 Å². The van der Waals surface area contributed by atoms with Crippen LogP contribution >= 0.6 is 0 Å². The number of carbonyl (C=O) groups is 3. The summed E-state index contributed by atoms with van der Waals surface area (Å²) in [7, 11) is 1.61. The normalized spacial score (nSPS) is 33.7. The van der Waals surface area contributed by atoms with Crippen LogP contribution in [0.5, 0.6) is 0 Å². The lowest BCUT2D eigenvalue weighted by Crippen LogP contribution is -2.41. The zero-order valence-corrected chi connectivity index (χ0v) is 20.9. The van der Waals surface area contributed by atoms with Crippen LogP contribution in [0.3, 0.4) is 0 Å². The molecule has 0 aromatic heterocycles. The van der Waals surface area contributed by atoms with Crippen LogP contribution in [0.15, 0.2) is 45.8 Å². The molecule has 186 valence electrons. The Kier molecular flexibility index (Phi) is 7.24. The zero-order chi connectivity index (χ0) is 25.4. The largest absolute Gasteiger partial charge is 0.478 e. The van der Waals surface area contributed by atoms with E-state index in [1.54, 1.807) is 47.0 Å². The van der Waals surface area contributed by atoms with E-state index >= 15 is 0 Å². The third kappa shape index (κ3) is 4.61. The number of aliphatic carboxylic acids is 1. The lowest BCUT2D eigenvalue weighted by Gasteiger charge is -2.37. The van der Waals surface area contributed by atoms with E-state index in [-0.39, 0.29) is 23.7 Å². The summed E-state index contributed by atoms with van der Waals surface area (Å²) in [6.07, 6.45) is 5.18. The van der Waals surface area contributed by atoms with E-state index in [0.717, 1.165) is 0 Å². The van der Waals surface area contributed by atoms with Gasteiger partial charge in [0.1, 0.15) is 12.4 Å². The number of allylic oxidation sites excluding steroid dienone is 3. The molecule has 8 nitrogen and oxygen atoms in total. The number of methoxy groups -OCH3 is 1. The Labute approximate surface area is 200 Å². The number of fused-ring (bicyclic) bond motifs is 3. The average Bonchev–Trinajstić information content (AvgIpc) is 3.30. The quantitative estimate of drug-likeness (QED) is 0.450. The van der Waals surface area contributed by atoms with Crippen LogP contribution in [0.4, 0.5) is 0 Å². The van der Waals surface area contributed by atoms with E-state index in [4.69, 9.17) is 18.9 Å². The minimum atomic E-state index is -1.04. The molecule has 1 fully saturated rings. The summed E-state index contributed by atoms with van der Waals surface area (Å²) in [5.41, 5.74) is 1.22. The number of hydrogen-bond donors (Lipinski definition) is 1. The van der Waals surface area contributed by atoms with Crippen molar-refractivity contribution in [2.24, 2.45) is 11.8 Å². The van der Waals surface area contributed by atoms with Crippen LogP contribution in [-0.4, -0.2) is 48.1 Å². The highest BCUT2D eigenvalue weighted by molar-refractivity contribution is 5.96. The van der Waals surface area contributed by atoms with Crippen molar-refractivity contribution < 1.29 is 38.4 Å². The smallest absolute Gasteiger partial charge is 0.343 e. The number of rotatable bonds is 6. The van der Waals surface area contributed by atoms with Crippen molar-refractivity contribution in [2.45, 2.75) is 72.2 Å². The van der Waals surface area contributed by atoms with Crippen LogP contribution in [0.1, 0.15) is 60.8 Å². The van der Waals surface area contributed by atoms with Crippen molar-refractivity contribution in [1.82, 2.24) is 0 Å². The molecular formula is C26H34O8. The van der Waals surface area contributed by atoms with Crippen LogP contribution in [0.2, 0.25) is 0 Å². The van der Waals surface area contributed by atoms with Crippen molar-refractivity contribution >= 4 is 17.9 Å². The van der Waals surface area contributed by atoms with E-state index in [2.05, 4.69) is 0 Å². The number of carboxylic acid groups (broad SMARTS) is 1. The molecule has 0 radical (unpaired) electrons. The Balaban J connectivity index is 2.20. The van der Waals surface area contributed by atoms with Gasteiger partial charge < -0.3 is 24.1 Å². The van der Waals surface area contributed by atoms with Gasteiger partial charge in [0.15, 0.2) is 5.79 Å². The molecule has 0 aromatic carbocycles. The topological polar surface area (TPSA) is 108 Å². The zero-order valence-electron chi connectivity index (χ0n) is 20.9. The molecule has 3 aliphatic heterocycles. The van der Waals surface area contributed by atoms with Crippen LogP contribution in [-0.2, 0) is 33.3 Å². The fourth-order valence-corrected chi connectivity index (χ4v) is 4.93. The molecule has 4 atom stereocenters. The molecule has 3 heterocycles. The second-order valence-electron chi connectivity index (χ2n) is 9.57. The molecule has 0 saturated carbocycles. The molecule has 2 unspecified atom stereocenters. The molecule has 3 rings (SSSR count). The Bertz CT molecular complexity index is 1030. The summed E-state index contributed by atoms with van der Waals surface area (Å²) in [5.74, 6) is -3.31. The Hall–Kier alpha value is -2.71. The minimum Gasteiger partial charge on any atom is -0.478 e. The van der Waals surface area contributed by atoms with Gasteiger partial charge in [0, 0.05) is 42.1 Å². The number of ether oxygens (including phenoxy) is 4. The summed E-state index contributed by atoms with van der Waals surface area (Å²) >= 11 is 0. The first-order valence-electron chi connectivity index (χ1n) is 11.5. The molecule has 8 heteroatoms. The van der Waals surface area contributed by atoms with Crippen molar-refractivity contribution in [2.75, 3.05) is 13.7 Å². The highest BCUT2D eigenvalue weighted by Gasteiger charge is 2.53. The summed E-state index contributed by atoms with van der Waals surface area (Å²) in [5, 5.41) is 9.68. The maximum Gasteiger partial charge on any atom is 0.343 e. The molecule has 1 N–H and O–H groups in total. The summed E-state index contributed by atoms with van der Waals surface area (Å²) in [6, 6.07) is 0. The monoisotopic (exact) mass is 474 g/mol. The van der Waals surface area contributed by atoms with E-state index in [9.17, 15) is 19.5 Å². The van der Waals surface area contributed by atoms with E-state index in [1.165, 1.54) is 0 Å². The van der Waals surface area contributed by atoms with Crippen molar-refractivity contribution in [3.8, 4) is 0 Å². The van der Waals surface area contributed by atoms with Crippen molar-refractivity contribution in [1.29, 1.82) is 0 Å². The molecule has 0 spiro atoms. The van der Waals surface area contributed by atoms with Gasteiger partial charge in [0.25, 0.3) is 0 Å². The molecule has 0 aliphatic carbocycles. The molecule has 3 aliphatic rings. The maximum absolute atomic E-state index is 13.0. The molecule has 0 amide bonds. The fraction of sp³-hybridized carbons (Fsp3) is 0.577. The van der Waals surface area contributed by atoms with Gasteiger partial charge in [-0.2, -0.15) is 0 Å². The standard InChI is InChI=1S/C26H34O8/c1-8-14(2)23(29)32-13-19-21-18(16(4)17(5)22(27)28)11-15(3)26(31-7)10-9-25(6,34-26)12-20(21)33-24(19)30/h8,12,15,18H,9-11,13H2,1-7H3,(H,27,28)/b14-8+,17-16+,20-12+/t15-,18+,25?,26?/m1/s1. The Morgan fingerprint density at radius 2 is 1.94 bits per heavy atom. The Morgan fingerprint density at radius 3 is 2.53 bits per heavy atom. The molecular weight excluding hydrogens is 440 g/mol. The SMILES string of the molecule is C/C=C(\C)C(=O)OCC1=C2/C(=C\C3(C)CCC(OC)(O3)[C@H](C)C[C@H]2/C(C)=C(\C)C(=O)O)OC1=O. The summed E-state index contributed by atoms with van der Waals surface area (Å²) in [6.45, 7) is 10.3. The Morgan fingerprint density at radius 1 is 1.26 bits per heavy atom. The van der Waals surface area contributed by atoms with Crippen molar-refractivity contribution in [3.05, 3.63) is 45.8 Å². The van der Waals surface area contributed by atoms with Gasteiger partial charge in [0.2, 0.25) is 0 Å². The van der Waals surface area contributed by atoms with Gasteiger partial charge in [0.05, 0.1) is 11.2 Å². The predicted molar refractivity (Wildman–Crippen MR) is 123 cm³/mol. The van der Waals surface area contributed by atoms with E-state index < -0.39 is 35.2 Å². The van der Waals surface area contributed by atoms with Gasteiger partial charge in [-0.25, -0.2) is 14.4 Å². The molecule has 2 bridgehead atoms. The predicted octanol–water partition coefficient (Wildman–Crippen LogP) is 4.22. The first-order valence-corrected chi connectivity index (χ1v) is 11.5. The van der Waals surface area contributed by atoms with Crippen LogP contribution < -0.4 is 0 Å². The number of carboxylic acids is 1. The van der Waals surface area contributed by atoms with E-state index in [1.807, 2.05) is 13.8 Å². The van der Waals surface area contributed by atoms with Crippen LogP contribution in [0, 0.1) is 11.8 Å². The highest BCUT2D eigenvalue weighted by atomic mass is 16.7. The molecule has 34 heavy (non-hydrogen) atoms. The second-order valence-corrected chi connectivity index (χ2v) is 9.57. The van der Waals surface area contributed by atoms with Crippen molar-refractivity contribution in [3.63, 3.8) is 0 Å². The maximum atomic E-state index is 13.0. The second kappa shape index (κ2) is 9.50. The highest BCUT2D eigenvalue weighted by Crippen LogP contribution is 2.51. The fourth-order valence-electron chi connectivity index (χ4n) is 4.93. The molecule has 0 aromatic rings. The van der Waals surface area contributed by atoms with E-state index in [0.29, 0.717) is 41.7 Å². The van der Waals surface area contributed by atoms with Gasteiger partial charge >= 0.3 is 17.9 Å². The average molecular weight is 475 g/mol. The number of hydrogen-bond acceptors (Lipinski definition) is 7. The van der Waals surface area contributed by atoms with Crippen LogP contribution in [0.25, 0.3) is 0 Å². The lowest BCUT2D eigenvalue weighted by atomic mass is 9.76. The van der Waals surface area contributed by atoms with Gasteiger partial charge in [-0.3, -0.25) is 0 Å². The number of carbonyl (C=O) groups excluding carboxylic acids is 2.